The number of guanidine groups is 1. The molecular weight excluding hydrogens is 393 g/mol. The van der Waals surface area contributed by atoms with E-state index in [4.69, 9.17) is 4.74 Å². The number of nitrogens with one attached hydrogen (secondary N) is 1. The molecule has 2 rings (SSSR count). The van der Waals surface area contributed by atoms with Gasteiger partial charge in [0.2, 0.25) is 0 Å². The predicted octanol–water partition coefficient (Wildman–Crippen LogP) is 2.02. The van der Waals surface area contributed by atoms with Crippen LogP contribution in [0.25, 0.3) is 0 Å². The van der Waals surface area contributed by atoms with Crippen LogP contribution in [0.3, 0.4) is 0 Å². The number of aliphatic imine (C=N–C) groups is 1. The van der Waals surface area contributed by atoms with E-state index in [9.17, 15) is 5.11 Å². The molecule has 1 heterocycles. The lowest BCUT2D eigenvalue weighted by molar-refractivity contribution is 0.187. The van der Waals surface area contributed by atoms with Crippen molar-refractivity contribution in [3.8, 4) is 5.75 Å². The maximum atomic E-state index is 9.61. The number of likely N-dealkylation sites (tertiary alicyclic amines) is 1. The molecule has 0 bridgehead atoms. The molecule has 1 saturated heterocycles. The predicted molar refractivity (Wildman–Crippen MR) is 100 cm³/mol. The van der Waals surface area contributed by atoms with Gasteiger partial charge in [-0.15, -0.1) is 24.0 Å². The third kappa shape index (κ3) is 6.00. The fourth-order valence-corrected chi connectivity index (χ4v) is 2.38. The molecule has 0 spiro atoms. The third-order valence-corrected chi connectivity index (χ3v) is 3.41. The Bertz CT molecular complexity index is 482. The topological polar surface area (TPSA) is 57.1 Å². The van der Waals surface area contributed by atoms with Gasteiger partial charge in [0.05, 0.1) is 12.6 Å². The summed E-state index contributed by atoms with van der Waals surface area (Å²) in [5.74, 6) is 1.74. The highest BCUT2D eigenvalue weighted by atomic mass is 127. The first-order valence-electron chi connectivity index (χ1n) is 7.60. The van der Waals surface area contributed by atoms with Crippen LogP contribution in [0.15, 0.2) is 29.3 Å². The fourth-order valence-electron chi connectivity index (χ4n) is 2.38. The second kappa shape index (κ2) is 9.89. The van der Waals surface area contributed by atoms with Crippen LogP contribution in [0.1, 0.15) is 18.9 Å². The molecule has 1 aliphatic rings. The Morgan fingerprint density at radius 3 is 2.95 bits per heavy atom. The number of halogens is 1. The van der Waals surface area contributed by atoms with E-state index < -0.39 is 0 Å². The molecule has 0 aromatic heterocycles. The number of aliphatic hydroxyl groups excluding tert-OH is 1. The van der Waals surface area contributed by atoms with Gasteiger partial charge in [-0.2, -0.15) is 0 Å². The number of hydrogen-bond donors (Lipinski definition) is 2. The Kier molecular flexibility index (Phi) is 8.55. The van der Waals surface area contributed by atoms with E-state index in [1.807, 2.05) is 38.1 Å². The standard InChI is InChI=1S/C16H25N3O2.HI/c1-3-17-16(19-9-7-14(20)12-19)18-8-10-21-15-6-4-5-13(2)11-15;/h4-6,11,14,20H,3,7-10,12H2,1-2H3,(H,17,18);1H/t14-;/m1./s1. The van der Waals surface area contributed by atoms with Gasteiger partial charge >= 0.3 is 0 Å². The number of aryl methyl sites for hydroxylation is 1. The van der Waals surface area contributed by atoms with Crippen LogP contribution < -0.4 is 10.1 Å². The first kappa shape index (κ1) is 19.0. The highest BCUT2D eigenvalue weighted by Crippen LogP contribution is 2.12. The maximum absolute atomic E-state index is 9.61. The summed E-state index contributed by atoms with van der Waals surface area (Å²) in [6, 6.07) is 8.01. The summed E-state index contributed by atoms with van der Waals surface area (Å²) >= 11 is 0. The molecule has 0 saturated carbocycles. The molecule has 0 unspecified atom stereocenters. The number of ether oxygens (including phenoxy) is 1. The molecule has 0 aliphatic carbocycles. The number of nitrogens with zero attached hydrogens (tertiary/aromatic N) is 2. The van der Waals surface area contributed by atoms with Gasteiger partial charge in [-0.3, -0.25) is 0 Å². The zero-order valence-electron chi connectivity index (χ0n) is 13.3. The van der Waals surface area contributed by atoms with Gasteiger partial charge in [0.15, 0.2) is 5.96 Å². The van der Waals surface area contributed by atoms with E-state index in [0.717, 1.165) is 31.2 Å². The number of benzene rings is 1. The summed E-state index contributed by atoms with van der Waals surface area (Å²) in [5, 5.41) is 12.9. The van der Waals surface area contributed by atoms with Crippen LogP contribution in [0.4, 0.5) is 0 Å². The van der Waals surface area contributed by atoms with Crippen LogP contribution in [-0.4, -0.2) is 54.9 Å². The van der Waals surface area contributed by atoms with Crippen molar-refractivity contribution in [3.63, 3.8) is 0 Å². The molecule has 1 aliphatic heterocycles. The zero-order chi connectivity index (χ0) is 15.1. The van der Waals surface area contributed by atoms with Gasteiger partial charge in [0, 0.05) is 19.6 Å². The summed E-state index contributed by atoms with van der Waals surface area (Å²) in [6.07, 6.45) is 0.571. The first-order chi connectivity index (χ1) is 10.2. The van der Waals surface area contributed by atoms with E-state index >= 15 is 0 Å². The van der Waals surface area contributed by atoms with Crippen LogP contribution in [0.5, 0.6) is 5.75 Å². The second-order valence-corrected chi connectivity index (χ2v) is 5.29. The average Bonchev–Trinajstić information content (AvgIpc) is 2.89. The van der Waals surface area contributed by atoms with Gasteiger partial charge in [0.1, 0.15) is 12.4 Å². The average molecular weight is 419 g/mol. The smallest absolute Gasteiger partial charge is 0.194 e. The van der Waals surface area contributed by atoms with Gasteiger partial charge in [-0.1, -0.05) is 12.1 Å². The summed E-state index contributed by atoms with van der Waals surface area (Å²) in [4.78, 5) is 6.66. The zero-order valence-corrected chi connectivity index (χ0v) is 15.6. The Hall–Kier alpha value is -1.02. The highest BCUT2D eigenvalue weighted by molar-refractivity contribution is 14.0. The molecule has 22 heavy (non-hydrogen) atoms. The summed E-state index contributed by atoms with van der Waals surface area (Å²) in [7, 11) is 0. The summed E-state index contributed by atoms with van der Waals surface area (Å²) in [5.41, 5.74) is 1.19. The highest BCUT2D eigenvalue weighted by Gasteiger charge is 2.22. The van der Waals surface area contributed by atoms with Crippen LogP contribution in [-0.2, 0) is 0 Å². The molecule has 0 radical (unpaired) electrons. The summed E-state index contributed by atoms with van der Waals surface area (Å²) in [6.45, 7) is 7.58. The molecular formula is C16H26IN3O2. The van der Waals surface area contributed by atoms with E-state index in [1.54, 1.807) is 0 Å². The molecule has 124 valence electrons. The van der Waals surface area contributed by atoms with E-state index in [2.05, 4.69) is 15.2 Å². The van der Waals surface area contributed by atoms with E-state index in [1.165, 1.54) is 5.56 Å². The first-order valence-corrected chi connectivity index (χ1v) is 7.60. The Labute approximate surface area is 149 Å². The fraction of sp³-hybridized carbons (Fsp3) is 0.562. The van der Waals surface area contributed by atoms with E-state index in [0.29, 0.717) is 19.7 Å². The third-order valence-electron chi connectivity index (χ3n) is 3.41. The van der Waals surface area contributed by atoms with Crippen molar-refractivity contribution in [1.82, 2.24) is 10.2 Å². The monoisotopic (exact) mass is 419 g/mol. The quantitative estimate of drug-likeness (QED) is 0.332. The van der Waals surface area contributed by atoms with Crippen molar-refractivity contribution in [2.75, 3.05) is 32.8 Å². The minimum atomic E-state index is -0.239. The van der Waals surface area contributed by atoms with Gasteiger partial charge < -0.3 is 20.1 Å². The molecule has 6 heteroatoms. The molecule has 1 fully saturated rings. The minimum absolute atomic E-state index is 0. The molecule has 1 aromatic rings. The number of aliphatic hydroxyl groups is 1. The Morgan fingerprint density at radius 2 is 2.32 bits per heavy atom. The molecule has 0 amide bonds. The van der Waals surface area contributed by atoms with Gasteiger partial charge in [-0.05, 0) is 38.0 Å². The lowest BCUT2D eigenvalue weighted by Gasteiger charge is -2.20. The van der Waals surface area contributed by atoms with Crippen molar-refractivity contribution in [3.05, 3.63) is 29.8 Å². The largest absolute Gasteiger partial charge is 0.492 e. The number of hydrogen-bond acceptors (Lipinski definition) is 3. The number of rotatable bonds is 5. The van der Waals surface area contributed by atoms with Crippen LogP contribution >= 0.6 is 24.0 Å². The molecule has 5 nitrogen and oxygen atoms in total. The maximum Gasteiger partial charge on any atom is 0.194 e. The van der Waals surface area contributed by atoms with Crippen molar-refractivity contribution in [1.29, 1.82) is 0 Å². The molecule has 1 aromatic carbocycles. The second-order valence-electron chi connectivity index (χ2n) is 5.29. The van der Waals surface area contributed by atoms with Crippen LogP contribution in [0.2, 0.25) is 0 Å². The van der Waals surface area contributed by atoms with Crippen molar-refractivity contribution in [2.45, 2.75) is 26.4 Å². The minimum Gasteiger partial charge on any atom is -0.492 e. The Morgan fingerprint density at radius 1 is 1.50 bits per heavy atom. The van der Waals surface area contributed by atoms with Crippen molar-refractivity contribution < 1.29 is 9.84 Å². The van der Waals surface area contributed by atoms with Crippen molar-refractivity contribution >= 4 is 29.9 Å². The van der Waals surface area contributed by atoms with Crippen molar-refractivity contribution in [2.24, 2.45) is 4.99 Å². The molecule has 2 N–H and O–H groups in total. The van der Waals surface area contributed by atoms with Gasteiger partial charge in [0.25, 0.3) is 0 Å². The number of β-amino-alcohol motifs (C(OH)–C–C–N with tert-alkyl or cyclic N) is 1. The lowest BCUT2D eigenvalue weighted by atomic mass is 10.2. The van der Waals surface area contributed by atoms with Crippen LogP contribution in [0, 0.1) is 6.92 Å². The molecule has 1 atom stereocenters. The SMILES string of the molecule is CCNC(=NCCOc1cccc(C)c1)N1CC[C@@H](O)C1.I. The van der Waals surface area contributed by atoms with E-state index in [-0.39, 0.29) is 30.1 Å². The normalized spacial score (nSPS) is 18.0. The van der Waals surface area contributed by atoms with Gasteiger partial charge in [-0.25, -0.2) is 4.99 Å². The summed E-state index contributed by atoms with van der Waals surface area (Å²) < 4.78 is 5.70. The Balaban J connectivity index is 0.00000242. The lowest BCUT2D eigenvalue weighted by Crippen LogP contribution is -2.40.